The van der Waals surface area contributed by atoms with Crippen molar-refractivity contribution in [3.8, 4) is 47.9 Å². The van der Waals surface area contributed by atoms with Gasteiger partial charge in [-0.25, -0.2) is 0 Å². The molecule has 0 atom stereocenters. The lowest BCUT2D eigenvalue weighted by Crippen LogP contribution is -1.53. The molecule has 0 nitrogen and oxygen atoms in total. The Morgan fingerprint density at radius 3 is 2.20 bits per heavy atom. The first-order chi connectivity index (χ1) is 4.91. The Morgan fingerprint density at radius 2 is 1.60 bits per heavy atom. The Bertz CT molecular complexity index is 294. The summed E-state index contributed by atoms with van der Waals surface area (Å²) in [6.07, 6.45) is 5.66. The highest BCUT2D eigenvalue weighted by molar-refractivity contribution is 5.39. The predicted molar refractivity (Wildman–Crippen MR) is 42.5 cm³/mol. The van der Waals surface area contributed by atoms with Crippen molar-refractivity contribution in [2.45, 2.75) is 13.3 Å². The van der Waals surface area contributed by atoms with E-state index in [9.17, 15) is 0 Å². The fraction of sp³-hybridized carbons (Fsp3) is 0.200. The van der Waals surface area contributed by atoms with Gasteiger partial charge in [-0.2, -0.15) is 0 Å². The van der Waals surface area contributed by atoms with E-state index in [2.05, 4.69) is 41.4 Å². The van der Waals surface area contributed by atoms with Gasteiger partial charge in [0, 0.05) is 6.42 Å². The molecule has 0 saturated carbocycles. The van der Waals surface area contributed by atoms with Crippen LogP contribution >= 0.6 is 0 Å². The van der Waals surface area contributed by atoms with E-state index >= 15 is 0 Å². The minimum absolute atomic E-state index is 0.817. The largest absolute Gasteiger partial charge is 0.106 e. The summed E-state index contributed by atoms with van der Waals surface area (Å²) in [5, 5.41) is 0. The standard InChI is InChI=1S/C10H6/c1-3-5-7-9-10-8-6-4-2/h1H,4H2,2H3. The molecule has 0 aliphatic rings. The lowest BCUT2D eigenvalue weighted by atomic mass is 10.4. The molecule has 0 fully saturated rings. The predicted octanol–water partition coefficient (Wildman–Crippen LogP) is 1.04. The summed E-state index contributed by atoms with van der Waals surface area (Å²) >= 11 is 0. The normalized spacial score (nSPS) is 4.40. The van der Waals surface area contributed by atoms with Crippen molar-refractivity contribution in [3.63, 3.8) is 0 Å². The fourth-order valence-electron chi connectivity index (χ4n) is 0.262. The van der Waals surface area contributed by atoms with Gasteiger partial charge < -0.3 is 0 Å². The molecule has 0 N–H and O–H groups in total. The molecule has 0 heterocycles. The van der Waals surface area contributed by atoms with Crippen LogP contribution < -0.4 is 0 Å². The van der Waals surface area contributed by atoms with Crippen molar-refractivity contribution in [1.82, 2.24) is 0 Å². The molecule has 0 bridgehead atoms. The van der Waals surface area contributed by atoms with E-state index in [0.717, 1.165) is 6.42 Å². The van der Waals surface area contributed by atoms with Gasteiger partial charge in [0.25, 0.3) is 0 Å². The number of hydrogen-bond donors (Lipinski definition) is 0. The topological polar surface area (TPSA) is 0 Å². The van der Waals surface area contributed by atoms with E-state index in [4.69, 9.17) is 6.42 Å². The molecular weight excluding hydrogens is 120 g/mol. The van der Waals surface area contributed by atoms with E-state index in [0.29, 0.717) is 0 Å². The van der Waals surface area contributed by atoms with E-state index in [1.54, 1.807) is 0 Å². The molecule has 0 aliphatic carbocycles. The second-order valence-corrected chi connectivity index (χ2v) is 1.30. The number of rotatable bonds is 0. The van der Waals surface area contributed by atoms with Crippen molar-refractivity contribution in [3.05, 3.63) is 0 Å². The lowest BCUT2D eigenvalue weighted by molar-refractivity contribution is 1.28. The summed E-state index contributed by atoms with van der Waals surface area (Å²) in [4.78, 5) is 0. The van der Waals surface area contributed by atoms with Crippen molar-refractivity contribution in [2.75, 3.05) is 0 Å². The van der Waals surface area contributed by atoms with Gasteiger partial charge in [0.2, 0.25) is 0 Å². The molecule has 0 heteroatoms. The molecule has 0 aromatic carbocycles. The van der Waals surface area contributed by atoms with E-state index in [1.165, 1.54) is 0 Å². The zero-order valence-corrected chi connectivity index (χ0v) is 5.78. The minimum atomic E-state index is 0.817. The Balaban J connectivity index is 3.85. The van der Waals surface area contributed by atoms with Crippen LogP contribution in [0.4, 0.5) is 0 Å². The average Bonchev–Trinajstić information content (AvgIpc) is 1.97. The third-order valence-corrected chi connectivity index (χ3v) is 0.587. The van der Waals surface area contributed by atoms with Crippen LogP contribution in [0.3, 0.4) is 0 Å². The van der Waals surface area contributed by atoms with Gasteiger partial charge in [-0.3, -0.25) is 0 Å². The highest BCUT2D eigenvalue weighted by Gasteiger charge is 1.55. The van der Waals surface area contributed by atoms with Gasteiger partial charge in [-0.1, -0.05) is 12.8 Å². The molecule has 0 rings (SSSR count). The van der Waals surface area contributed by atoms with Gasteiger partial charge in [-0.05, 0) is 35.5 Å². The Hall–Kier alpha value is -1.76. The number of hydrogen-bond acceptors (Lipinski definition) is 0. The van der Waals surface area contributed by atoms with Crippen LogP contribution in [0.25, 0.3) is 0 Å². The SMILES string of the molecule is C#CC#CC#CC#CCC. The molecule has 0 saturated heterocycles. The van der Waals surface area contributed by atoms with Crippen LogP contribution in [-0.2, 0) is 0 Å². The first-order valence-corrected chi connectivity index (χ1v) is 2.85. The summed E-state index contributed by atoms with van der Waals surface area (Å²) in [6.45, 7) is 1.96. The maximum absolute atomic E-state index is 4.84. The smallest absolute Gasteiger partial charge is 0.00704 e. The second kappa shape index (κ2) is 7.24. The van der Waals surface area contributed by atoms with Crippen LogP contribution in [0.5, 0.6) is 0 Å². The number of terminal acetylenes is 1. The second-order valence-electron chi connectivity index (χ2n) is 1.30. The maximum atomic E-state index is 4.84. The first-order valence-electron chi connectivity index (χ1n) is 2.85. The zero-order valence-electron chi connectivity index (χ0n) is 5.78. The Morgan fingerprint density at radius 1 is 1.00 bits per heavy atom. The van der Waals surface area contributed by atoms with E-state index < -0.39 is 0 Å². The highest BCUT2D eigenvalue weighted by Crippen LogP contribution is 1.64. The first kappa shape index (κ1) is 8.24. The molecule has 46 valence electrons. The van der Waals surface area contributed by atoms with Gasteiger partial charge in [-0.15, -0.1) is 6.42 Å². The van der Waals surface area contributed by atoms with Crippen LogP contribution in [0.2, 0.25) is 0 Å². The molecule has 10 heavy (non-hydrogen) atoms. The van der Waals surface area contributed by atoms with Crippen LogP contribution in [0, 0.1) is 47.9 Å². The maximum Gasteiger partial charge on any atom is 0.00704 e. The summed E-state index contributed by atoms with van der Waals surface area (Å²) < 4.78 is 0. The van der Waals surface area contributed by atoms with Crippen LogP contribution in [0.15, 0.2) is 0 Å². The molecule has 0 radical (unpaired) electrons. The monoisotopic (exact) mass is 126 g/mol. The van der Waals surface area contributed by atoms with Gasteiger partial charge >= 0.3 is 0 Å². The average molecular weight is 126 g/mol. The van der Waals surface area contributed by atoms with Crippen molar-refractivity contribution >= 4 is 0 Å². The molecule has 0 aromatic rings. The van der Waals surface area contributed by atoms with Crippen LogP contribution in [-0.4, -0.2) is 0 Å². The summed E-state index contributed by atoms with van der Waals surface area (Å²) in [6, 6.07) is 0. The Labute approximate surface area is 62.0 Å². The molecule has 0 aromatic heterocycles. The van der Waals surface area contributed by atoms with Crippen molar-refractivity contribution in [1.29, 1.82) is 0 Å². The summed E-state index contributed by atoms with van der Waals surface area (Å²) in [5.74, 6) is 17.4. The van der Waals surface area contributed by atoms with E-state index in [1.807, 2.05) is 6.92 Å². The highest BCUT2D eigenvalue weighted by atomic mass is 13.6. The van der Waals surface area contributed by atoms with Crippen LogP contribution in [0.1, 0.15) is 13.3 Å². The molecule has 0 aliphatic heterocycles. The van der Waals surface area contributed by atoms with Gasteiger partial charge in [0.05, 0.1) is 0 Å². The summed E-state index contributed by atoms with van der Waals surface area (Å²) in [5.41, 5.74) is 0. The molecule has 0 spiro atoms. The fourth-order valence-corrected chi connectivity index (χ4v) is 0.262. The van der Waals surface area contributed by atoms with Crippen molar-refractivity contribution < 1.29 is 0 Å². The van der Waals surface area contributed by atoms with Gasteiger partial charge in [0.15, 0.2) is 0 Å². The van der Waals surface area contributed by atoms with Crippen molar-refractivity contribution in [2.24, 2.45) is 0 Å². The van der Waals surface area contributed by atoms with Gasteiger partial charge in [0.1, 0.15) is 0 Å². The third-order valence-electron chi connectivity index (χ3n) is 0.587. The molecule has 0 amide bonds. The van der Waals surface area contributed by atoms with E-state index in [-0.39, 0.29) is 0 Å². The molecule has 0 unspecified atom stereocenters. The zero-order chi connectivity index (χ0) is 7.66. The summed E-state index contributed by atoms with van der Waals surface area (Å²) in [7, 11) is 0. The Kier molecular flexibility index (Phi) is 5.97. The molecular formula is C10H6. The quantitative estimate of drug-likeness (QED) is 0.425. The third kappa shape index (κ3) is 6.24. The lowest BCUT2D eigenvalue weighted by Gasteiger charge is -1.60. The minimum Gasteiger partial charge on any atom is -0.106 e.